The van der Waals surface area contributed by atoms with Crippen LogP contribution < -0.4 is 11.1 Å². The van der Waals surface area contributed by atoms with E-state index in [4.69, 9.17) is 5.73 Å². The van der Waals surface area contributed by atoms with Gasteiger partial charge >= 0.3 is 0 Å². The summed E-state index contributed by atoms with van der Waals surface area (Å²) in [7, 11) is 0. The molecular formula is C13H10BrFN2O. The van der Waals surface area contributed by atoms with Crippen molar-refractivity contribution in [1.82, 2.24) is 0 Å². The van der Waals surface area contributed by atoms with Gasteiger partial charge in [0, 0.05) is 15.7 Å². The Balaban J connectivity index is 2.18. The molecule has 0 saturated carbocycles. The molecule has 0 heterocycles. The van der Waals surface area contributed by atoms with E-state index in [1.165, 1.54) is 18.2 Å². The van der Waals surface area contributed by atoms with Crippen LogP contribution in [0.25, 0.3) is 0 Å². The van der Waals surface area contributed by atoms with Crippen LogP contribution in [0.3, 0.4) is 0 Å². The number of nitrogens with one attached hydrogen (secondary N) is 1. The molecule has 0 spiro atoms. The minimum absolute atomic E-state index is 0.276. The van der Waals surface area contributed by atoms with Crippen LogP contribution in [-0.2, 0) is 0 Å². The van der Waals surface area contributed by atoms with Crippen LogP contribution in [0.1, 0.15) is 10.4 Å². The highest BCUT2D eigenvalue weighted by Crippen LogP contribution is 2.23. The first-order valence-corrected chi connectivity index (χ1v) is 5.97. The number of amides is 1. The van der Waals surface area contributed by atoms with Crippen molar-refractivity contribution in [2.24, 2.45) is 0 Å². The summed E-state index contributed by atoms with van der Waals surface area (Å²) >= 11 is 3.19. The Morgan fingerprint density at radius 1 is 1.17 bits per heavy atom. The summed E-state index contributed by atoms with van der Waals surface area (Å²) in [5, 5.41) is 2.68. The van der Waals surface area contributed by atoms with Crippen molar-refractivity contribution >= 4 is 33.2 Å². The number of carbonyl (C=O) groups excluding carboxylic acids is 1. The van der Waals surface area contributed by atoms with E-state index in [0.29, 0.717) is 21.4 Å². The molecular weight excluding hydrogens is 299 g/mol. The Morgan fingerprint density at radius 2 is 1.83 bits per heavy atom. The maximum Gasteiger partial charge on any atom is 0.255 e. The molecule has 0 saturated heterocycles. The van der Waals surface area contributed by atoms with E-state index < -0.39 is 0 Å². The lowest BCUT2D eigenvalue weighted by Gasteiger charge is -2.07. The maximum atomic E-state index is 12.9. The van der Waals surface area contributed by atoms with Crippen molar-refractivity contribution in [2.45, 2.75) is 0 Å². The van der Waals surface area contributed by atoms with E-state index >= 15 is 0 Å². The molecule has 3 nitrogen and oxygen atoms in total. The fourth-order valence-electron chi connectivity index (χ4n) is 1.42. The molecule has 0 aliphatic carbocycles. The molecule has 2 aromatic rings. The summed E-state index contributed by atoms with van der Waals surface area (Å²) in [5.74, 6) is -0.644. The minimum Gasteiger partial charge on any atom is -0.399 e. The highest BCUT2D eigenvalue weighted by Gasteiger charge is 2.08. The molecule has 0 aromatic heterocycles. The molecule has 18 heavy (non-hydrogen) atoms. The molecule has 0 aliphatic rings. The Bertz CT molecular complexity index is 584. The lowest BCUT2D eigenvalue weighted by Crippen LogP contribution is -2.12. The summed E-state index contributed by atoms with van der Waals surface area (Å²) in [6.45, 7) is 0. The summed E-state index contributed by atoms with van der Waals surface area (Å²) in [4.78, 5) is 11.9. The Labute approximate surface area is 112 Å². The molecule has 0 atom stereocenters. The van der Waals surface area contributed by atoms with Crippen molar-refractivity contribution in [3.63, 3.8) is 0 Å². The molecule has 0 aliphatic heterocycles. The van der Waals surface area contributed by atoms with Crippen molar-refractivity contribution in [1.29, 1.82) is 0 Å². The predicted molar refractivity (Wildman–Crippen MR) is 72.9 cm³/mol. The van der Waals surface area contributed by atoms with Gasteiger partial charge < -0.3 is 11.1 Å². The van der Waals surface area contributed by atoms with Gasteiger partial charge in [-0.1, -0.05) is 0 Å². The summed E-state index contributed by atoms with van der Waals surface area (Å²) < 4.78 is 13.4. The van der Waals surface area contributed by atoms with Gasteiger partial charge in [0.15, 0.2) is 0 Å². The van der Waals surface area contributed by atoms with Crippen LogP contribution >= 0.6 is 15.9 Å². The number of benzene rings is 2. The summed E-state index contributed by atoms with van der Waals surface area (Å²) in [5.41, 5.74) is 7.13. The highest BCUT2D eigenvalue weighted by molar-refractivity contribution is 9.10. The maximum absolute atomic E-state index is 12.9. The van der Waals surface area contributed by atoms with E-state index in [-0.39, 0.29) is 11.7 Å². The Morgan fingerprint density at radius 3 is 2.44 bits per heavy atom. The second-order valence-corrected chi connectivity index (χ2v) is 4.55. The Hall–Kier alpha value is -1.88. The van der Waals surface area contributed by atoms with Crippen LogP contribution in [0.4, 0.5) is 15.8 Å². The van der Waals surface area contributed by atoms with Gasteiger partial charge in [0.05, 0.1) is 5.69 Å². The van der Waals surface area contributed by atoms with E-state index in [2.05, 4.69) is 21.2 Å². The number of halogens is 2. The summed E-state index contributed by atoms with van der Waals surface area (Å²) in [6, 6.07) is 10.6. The molecule has 3 N–H and O–H groups in total. The molecule has 0 unspecified atom stereocenters. The number of carbonyl (C=O) groups is 1. The number of anilines is 2. The average Bonchev–Trinajstić information content (AvgIpc) is 2.33. The zero-order valence-corrected chi connectivity index (χ0v) is 10.9. The van der Waals surface area contributed by atoms with Gasteiger partial charge in [0.25, 0.3) is 5.91 Å². The largest absolute Gasteiger partial charge is 0.399 e. The van der Waals surface area contributed by atoms with Gasteiger partial charge in [-0.3, -0.25) is 4.79 Å². The lowest BCUT2D eigenvalue weighted by atomic mass is 10.2. The van der Waals surface area contributed by atoms with Crippen LogP contribution in [0.15, 0.2) is 46.9 Å². The molecule has 2 aromatic carbocycles. The van der Waals surface area contributed by atoms with Crippen molar-refractivity contribution < 1.29 is 9.18 Å². The third kappa shape index (κ3) is 2.87. The Kier molecular flexibility index (Phi) is 3.62. The predicted octanol–water partition coefficient (Wildman–Crippen LogP) is 3.42. The van der Waals surface area contributed by atoms with Crippen LogP contribution in [-0.4, -0.2) is 5.91 Å². The molecule has 0 radical (unpaired) electrons. The van der Waals surface area contributed by atoms with Gasteiger partial charge in [-0.05, 0) is 58.4 Å². The third-order valence-electron chi connectivity index (χ3n) is 2.35. The number of hydrogen-bond donors (Lipinski definition) is 2. The van der Waals surface area contributed by atoms with Gasteiger partial charge in [-0.2, -0.15) is 0 Å². The van der Waals surface area contributed by atoms with Crippen molar-refractivity contribution in [2.75, 3.05) is 11.1 Å². The monoisotopic (exact) mass is 308 g/mol. The van der Waals surface area contributed by atoms with Gasteiger partial charge in [0.1, 0.15) is 5.82 Å². The van der Waals surface area contributed by atoms with E-state index in [1.807, 2.05) is 0 Å². The molecule has 0 fully saturated rings. The van der Waals surface area contributed by atoms with Crippen LogP contribution in [0.2, 0.25) is 0 Å². The smallest absolute Gasteiger partial charge is 0.255 e. The van der Waals surface area contributed by atoms with Crippen molar-refractivity contribution in [3.05, 3.63) is 58.3 Å². The zero-order valence-electron chi connectivity index (χ0n) is 9.28. The second-order valence-electron chi connectivity index (χ2n) is 3.70. The molecule has 2 rings (SSSR count). The topological polar surface area (TPSA) is 55.1 Å². The van der Waals surface area contributed by atoms with Gasteiger partial charge in [-0.25, -0.2) is 4.39 Å². The van der Waals surface area contributed by atoms with Crippen LogP contribution in [0, 0.1) is 5.82 Å². The van der Waals surface area contributed by atoms with Crippen molar-refractivity contribution in [3.8, 4) is 0 Å². The average molecular weight is 309 g/mol. The fraction of sp³-hybridized carbons (Fsp3) is 0. The first-order valence-electron chi connectivity index (χ1n) is 5.18. The lowest BCUT2D eigenvalue weighted by molar-refractivity contribution is 0.102. The van der Waals surface area contributed by atoms with Gasteiger partial charge in [0.2, 0.25) is 0 Å². The molecule has 92 valence electrons. The summed E-state index contributed by atoms with van der Waals surface area (Å²) in [6.07, 6.45) is 0. The molecule has 5 heteroatoms. The highest BCUT2D eigenvalue weighted by atomic mass is 79.9. The number of rotatable bonds is 2. The van der Waals surface area contributed by atoms with E-state index in [9.17, 15) is 9.18 Å². The quantitative estimate of drug-likeness (QED) is 0.835. The van der Waals surface area contributed by atoms with Gasteiger partial charge in [-0.15, -0.1) is 0 Å². The third-order valence-corrected chi connectivity index (χ3v) is 3.01. The number of nitrogens with two attached hydrogens (primary N) is 1. The number of hydrogen-bond acceptors (Lipinski definition) is 2. The first kappa shape index (κ1) is 12.6. The second kappa shape index (κ2) is 5.18. The molecule has 0 bridgehead atoms. The van der Waals surface area contributed by atoms with E-state index in [0.717, 1.165) is 0 Å². The first-order chi connectivity index (χ1) is 8.56. The SMILES string of the molecule is Nc1ccc(C(=O)Nc2ccc(F)cc2Br)cc1. The number of nitrogen functional groups attached to an aromatic ring is 1. The molecule has 1 amide bonds. The zero-order chi connectivity index (χ0) is 13.1. The fourth-order valence-corrected chi connectivity index (χ4v) is 1.87. The normalized spacial score (nSPS) is 10.1. The minimum atomic E-state index is -0.368. The van der Waals surface area contributed by atoms with Crippen LogP contribution in [0.5, 0.6) is 0 Å². The van der Waals surface area contributed by atoms with E-state index in [1.54, 1.807) is 24.3 Å². The standard InChI is InChI=1S/C13H10BrFN2O/c14-11-7-9(15)3-6-12(11)17-13(18)8-1-4-10(16)5-2-8/h1-7H,16H2,(H,17,18).